The molecule has 0 aliphatic carbocycles. The monoisotopic (exact) mass is 251 g/mol. The highest BCUT2D eigenvalue weighted by Crippen LogP contribution is 2.13. The molecule has 6 nitrogen and oxygen atoms in total. The number of carbonyl (C=O) groups is 2. The fourth-order valence-electron chi connectivity index (χ4n) is 2.07. The van der Waals surface area contributed by atoms with E-state index < -0.39 is 6.04 Å². The molecule has 1 aromatic rings. The van der Waals surface area contributed by atoms with Gasteiger partial charge in [-0.25, -0.2) is 0 Å². The molecule has 0 radical (unpaired) electrons. The predicted octanol–water partition coefficient (Wildman–Crippen LogP) is -0.252. The summed E-state index contributed by atoms with van der Waals surface area (Å²) in [4.78, 5) is 25.6. The van der Waals surface area contributed by atoms with Crippen molar-refractivity contribution in [2.45, 2.75) is 13.0 Å². The topological polar surface area (TPSA) is 74.6 Å². The number of likely N-dealkylation sites (N-methyl/N-ethyl adjacent to an activating group) is 1. The number of nitrogens with zero attached hydrogens (tertiary/aromatic N) is 1. The molecule has 1 fully saturated rings. The minimum absolute atomic E-state index is 0.157. The first kappa shape index (κ1) is 12.6. The number of nitrogens with one attached hydrogen (secondary N) is 2. The maximum Gasteiger partial charge on any atom is 0.257 e. The van der Waals surface area contributed by atoms with Crippen LogP contribution in [-0.4, -0.2) is 49.4 Å². The van der Waals surface area contributed by atoms with Gasteiger partial charge < -0.3 is 20.0 Å². The van der Waals surface area contributed by atoms with E-state index in [-0.39, 0.29) is 11.8 Å². The zero-order valence-corrected chi connectivity index (χ0v) is 10.5. The van der Waals surface area contributed by atoms with E-state index in [0.717, 1.165) is 0 Å². The summed E-state index contributed by atoms with van der Waals surface area (Å²) in [5.74, 6) is 0.364. The van der Waals surface area contributed by atoms with E-state index in [2.05, 4.69) is 10.6 Å². The van der Waals surface area contributed by atoms with Crippen molar-refractivity contribution in [2.24, 2.45) is 0 Å². The molecule has 0 aromatic carbocycles. The molecule has 2 rings (SSSR count). The van der Waals surface area contributed by atoms with E-state index in [0.29, 0.717) is 31.0 Å². The minimum atomic E-state index is -0.466. The molecule has 1 saturated heterocycles. The van der Waals surface area contributed by atoms with Crippen LogP contribution in [0.15, 0.2) is 16.7 Å². The van der Waals surface area contributed by atoms with Crippen molar-refractivity contribution < 1.29 is 14.0 Å². The fourth-order valence-corrected chi connectivity index (χ4v) is 2.07. The molecule has 0 spiro atoms. The molecule has 2 heterocycles. The van der Waals surface area contributed by atoms with E-state index in [1.807, 2.05) is 0 Å². The van der Waals surface area contributed by atoms with Gasteiger partial charge in [0.05, 0.1) is 5.56 Å². The smallest absolute Gasteiger partial charge is 0.257 e. The Morgan fingerprint density at radius 1 is 1.56 bits per heavy atom. The summed E-state index contributed by atoms with van der Waals surface area (Å²) in [5.41, 5.74) is 0.489. The van der Waals surface area contributed by atoms with Crippen molar-refractivity contribution in [3.63, 3.8) is 0 Å². The lowest BCUT2D eigenvalue weighted by atomic mass is 10.1. The van der Waals surface area contributed by atoms with Crippen LogP contribution in [0.5, 0.6) is 0 Å². The third-order valence-electron chi connectivity index (χ3n) is 3.03. The molecule has 1 aliphatic heterocycles. The SMILES string of the molecule is CNC(=O)C1CNCCN1C(=O)c1coc(C)c1. The summed E-state index contributed by atoms with van der Waals surface area (Å²) >= 11 is 0. The molecule has 0 bridgehead atoms. The van der Waals surface area contributed by atoms with Gasteiger partial charge in [-0.2, -0.15) is 0 Å². The zero-order valence-electron chi connectivity index (χ0n) is 10.5. The number of rotatable bonds is 2. The maximum atomic E-state index is 12.3. The van der Waals surface area contributed by atoms with Gasteiger partial charge in [-0.05, 0) is 13.0 Å². The Balaban J connectivity index is 2.18. The largest absolute Gasteiger partial charge is 0.469 e. The van der Waals surface area contributed by atoms with Crippen molar-refractivity contribution >= 4 is 11.8 Å². The first-order chi connectivity index (χ1) is 8.63. The number of furan rings is 1. The van der Waals surface area contributed by atoms with E-state index >= 15 is 0 Å². The fraction of sp³-hybridized carbons (Fsp3) is 0.500. The number of piperazine rings is 1. The normalized spacial score (nSPS) is 19.7. The van der Waals surface area contributed by atoms with Gasteiger partial charge in [0.25, 0.3) is 5.91 Å². The molecule has 98 valence electrons. The van der Waals surface area contributed by atoms with Crippen molar-refractivity contribution in [3.8, 4) is 0 Å². The average Bonchev–Trinajstić information content (AvgIpc) is 2.83. The standard InChI is InChI=1S/C12H17N3O3/c1-8-5-9(7-18-8)12(17)15-4-3-14-6-10(15)11(16)13-2/h5,7,10,14H,3-4,6H2,1-2H3,(H,13,16). The van der Waals surface area contributed by atoms with Gasteiger partial charge in [0, 0.05) is 26.7 Å². The van der Waals surface area contributed by atoms with Gasteiger partial charge in [0.15, 0.2) is 0 Å². The summed E-state index contributed by atoms with van der Waals surface area (Å²) < 4.78 is 5.13. The summed E-state index contributed by atoms with van der Waals surface area (Å²) in [6, 6.07) is 1.22. The van der Waals surface area contributed by atoms with Gasteiger partial charge in [0.1, 0.15) is 18.1 Å². The lowest BCUT2D eigenvalue weighted by Crippen LogP contribution is -2.59. The Bertz CT molecular complexity index is 455. The first-order valence-electron chi connectivity index (χ1n) is 5.92. The van der Waals surface area contributed by atoms with Crippen LogP contribution in [0, 0.1) is 6.92 Å². The number of aryl methyl sites for hydroxylation is 1. The lowest BCUT2D eigenvalue weighted by Gasteiger charge is -2.34. The summed E-state index contributed by atoms with van der Waals surface area (Å²) in [6.07, 6.45) is 1.43. The molecular weight excluding hydrogens is 234 g/mol. The van der Waals surface area contributed by atoms with Crippen LogP contribution in [0.1, 0.15) is 16.1 Å². The Labute approximate surface area is 105 Å². The highest BCUT2D eigenvalue weighted by atomic mass is 16.3. The molecular formula is C12H17N3O3. The second kappa shape index (κ2) is 5.22. The third kappa shape index (κ3) is 2.38. The van der Waals surface area contributed by atoms with Crippen molar-refractivity contribution in [1.29, 1.82) is 0 Å². The van der Waals surface area contributed by atoms with E-state index in [1.165, 1.54) is 6.26 Å². The first-order valence-corrected chi connectivity index (χ1v) is 5.92. The Morgan fingerprint density at radius 2 is 2.33 bits per heavy atom. The number of hydrogen-bond donors (Lipinski definition) is 2. The second-order valence-corrected chi connectivity index (χ2v) is 4.28. The van der Waals surface area contributed by atoms with Crippen LogP contribution >= 0.6 is 0 Å². The number of hydrogen-bond acceptors (Lipinski definition) is 4. The molecule has 2 amide bonds. The van der Waals surface area contributed by atoms with Crippen LogP contribution < -0.4 is 10.6 Å². The van der Waals surface area contributed by atoms with Crippen LogP contribution in [0.25, 0.3) is 0 Å². The predicted molar refractivity (Wildman–Crippen MR) is 65.2 cm³/mol. The van der Waals surface area contributed by atoms with Crippen molar-refractivity contribution in [2.75, 3.05) is 26.7 Å². The van der Waals surface area contributed by atoms with Crippen LogP contribution in [-0.2, 0) is 4.79 Å². The van der Waals surface area contributed by atoms with Crippen molar-refractivity contribution in [1.82, 2.24) is 15.5 Å². The number of amides is 2. The second-order valence-electron chi connectivity index (χ2n) is 4.28. The highest BCUT2D eigenvalue weighted by Gasteiger charge is 2.32. The van der Waals surface area contributed by atoms with E-state index in [1.54, 1.807) is 24.9 Å². The molecule has 0 saturated carbocycles. The molecule has 18 heavy (non-hydrogen) atoms. The average molecular weight is 251 g/mol. The molecule has 1 aromatic heterocycles. The quantitative estimate of drug-likeness (QED) is 0.760. The van der Waals surface area contributed by atoms with E-state index in [4.69, 9.17) is 4.42 Å². The highest BCUT2D eigenvalue weighted by molar-refractivity contribution is 5.97. The van der Waals surface area contributed by atoms with Gasteiger partial charge >= 0.3 is 0 Å². The Hall–Kier alpha value is -1.82. The van der Waals surface area contributed by atoms with Gasteiger partial charge in [-0.3, -0.25) is 9.59 Å². The minimum Gasteiger partial charge on any atom is -0.469 e. The van der Waals surface area contributed by atoms with Gasteiger partial charge in [-0.15, -0.1) is 0 Å². The summed E-state index contributed by atoms with van der Waals surface area (Å²) in [6.45, 7) is 3.46. The summed E-state index contributed by atoms with van der Waals surface area (Å²) in [7, 11) is 1.57. The molecule has 2 N–H and O–H groups in total. The van der Waals surface area contributed by atoms with Crippen LogP contribution in [0.2, 0.25) is 0 Å². The Morgan fingerprint density at radius 3 is 2.94 bits per heavy atom. The van der Waals surface area contributed by atoms with Gasteiger partial charge in [0.2, 0.25) is 5.91 Å². The molecule has 1 aliphatic rings. The maximum absolute atomic E-state index is 12.3. The Kier molecular flexibility index (Phi) is 3.66. The summed E-state index contributed by atoms with van der Waals surface area (Å²) in [5, 5.41) is 5.69. The third-order valence-corrected chi connectivity index (χ3v) is 3.03. The molecule has 1 unspecified atom stereocenters. The molecule has 6 heteroatoms. The van der Waals surface area contributed by atoms with Crippen LogP contribution in [0.4, 0.5) is 0 Å². The molecule has 1 atom stereocenters. The van der Waals surface area contributed by atoms with E-state index in [9.17, 15) is 9.59 Å². The number of carbonyl (C=O) groups excluding carboxylic acids is 2. The lowest BCUT2D eigenvalue weighted by molar-refractivity contribution is -0.125. The van der Waals surface area contributed by atoms with Gasteiger partial charge in [-0.1, -0.05) is 0 Å². The zero-order chi connectivity index (χ0) is 13.1. The van der Waals surface area contributed by atoms with Crippen LogP contribution in [0.3, 0.4) is 0 Å². The van der Waals surface area contributed by atoms with Crippen molar-refractivity contribution in [3.05, 3.63) is 23.7 Å².